The molecule has 4 nitrogen and oxygen atoms in total. The van der Waals surface area contributed by atoms with Crippen LogP contribution in [0.2, 0.25) is 0 Å². The molecular weight excluding hydrogens is 328 g/mol. The van der Waals surface area contributed by atoms with Gasteiger partial charge in [-0.25, -0.2) is 4.79 Å². The lowest BCUT2D eigenvalue weighted by atomic mass is 9.44. The molecule has 0 amide bonds. The number of esters is 1. The fourth-order valence-electron chi connectivity index (χ4n) is 8.73. The minimum Gasteiger partial charge on any atom is -0.460 e. The summed E-state index contributed by atoms with van der Waals surface area (Å²) >= 11 is 0. The maximum atomic E-state index is 12.2. The maximum absolute atomic E-state index is 12.2. The molecule has 1 saturated heterocycles. The Hall–Kier alpha value is -0.610. The Balaban J connectivity index is 1.47. The van der Waals surface area contributed by atoms with Gasteiger partial charge in [0.15, 0.2) is 5.60 Å². The summed E-state index contributed by atoms with van der Waals surface area (Å²) in [5.74, 6) is 2.18. The highest BCUT2D eigenvalue weighted by molar-refractivity contribution is 5.82. The van der Waals surface area contributed by atoms with E-state index >= 15 is 0 Å². The average molecular weight is 363 g/mol. The molecule has 0 aromatic carbocycles. The first kappa shape index (κ1) is 17.5. The van der Waals surface area contributed by atoms with E-state index in [0.29, 0.717) is 23.2 Å². The quantitative estimate of drug-likeness (QED) is 0.649. The minimum absolute atomic E-state index is 0.0128. The molecule has 0 aromatic heterocycles. The number of aliphatic hydroxyl groups excluding tert-OH is 1. The lowest BCUT2D eigenvalue weighted by Gasteiger charge is -2.61. The topological polar surface area (TPSA) is 66.8 Å². The van der Waals surface area contributed by atoms with Crippen LogP contribution in [0.25, 0.3) is 0 Å². The molecule has 4 aliphatic carbocycles. The van der Waals surface area contributed by atoms with Gasteiger partial charge in [-0.2, -0.15) is 0 Å². The third-order valence-corrected chi connectivity index (χ3v) is 9.92. The number of hydrogen-bond acceptors (Lipinski definition) is 4. The lowest BCUT2D eigenvalue weighted by Crippen LogP contribution is -2.56. The SMILES string of the molecule is CC1(O)C(=O)OC2CC3C4CCC5CC(O)CCC5(C)C4CCC3(C)C21. The van der Waals surface area contributed by atoms with E-state index in [1.807, 2.05) is 0 Å². The number of carbonyl (C=O) groups excluding carboxylic acids is 1. The Morgan fingerprint density at radius 2 is 1.69 bits per heavy atom. The molecule has 5 aliphatic rings. The summed E-state index contributed by atoms with van der Waals surface area (Å²) in [6.07, 6.45) is 8.61. The normalized spacial score (nSPS) is 61.3. The number of ether oxygens (including phenoxy) is 1. The molecule has 2 N–H and O–H groups in total. The zero-order valence-corrected chi connectivity index (χ0v) is 16.4. The maximum Gasteiger partial charge on any atom is 0.338 e. The van der Waals surface area contributed by atoms with Gasteiger partial charge in [-0.15, -0.1) is 0 Å². The van der Waals surface area contributed by atoms with Gasteiger partial charge in [0.2, 0.25) is 0 Å². The molecule has 0 bridgehead atoms. The first-order valence-corrected chi connectivity index (χ1v) is 10.8. The first-order chi connectivity index (χ1) is 12.2. The predicted molar refractivity (Wildman–Crippen MR) is 97.1 cm³/mol. The van der Waals surface area contributed by atoms with E-state index in [9.17, 15) is 15.0 Å². The van der Waals surface area contributed by atoms with Crippen LogP contribution in [0, 0.1) is 40.4 Å². The largest absolute Gasteiger partial charge is 0.460 e. The number of fused-ring (bicyclic) bond motifs is 7. The smallest absolute Gasteiger partial charge is 0.338 e. The van der Waals surface area contributed by atoms with Crippen molar-refractivity contribution in [2.24, 2.45) is 40.4 Å². The van der Waals surface area contributed by atoms with Gasteiger partial charge in [0.05, 0.1) is 6.10 Å². The number of rotatable bonds is 0. The molecule has 5 rings (SSSR count). The Kier molecular flexibility index (Phi) is 3.53. The molecule has 10 atom stereocenters. The van der Waals surface area contributed by atoms with Gasteiger partial charge in [0.25, 0.3) is 0 Å². The number of carbonyl (C=O) groups is 1. The van der Waals surface area contributed by atoms with Gasteiger partial charge in [-0.1, -0.05) is 13.8 Å². The van der Waals surface area contributed by atoms with Crippen LogP contribution in [0.4, 0.5) is 0 Å². The average Bonchev–Trinajstić information content (AvgIpc) is 2.99. The zero-order chi connectivity index (χ0) is 18.5. The Bertz CT molecular complexity index is 630. The summed E-state index contributed by atoms with van der Waals surface area (Å²) in [6.45, 7) is 6.50. The summed E-state index contributed by atoms with van der Waals surface area (Å²) in [7, 11) is 0. The van der Waals surface area contributed by atoms with Crippen molar-refractivity contribution in [2.75, 3.05) is 0 Å². The van der Waals surface area contributed by atoms with Gasteiger partial charge in [0.1, 0.15) is 6.10 Å². The fraction of sp³-hybridized carbons (Fsp3) is 0.955. The van der Waals surface area contributed by atoms with Crippen molar-refractivity contribution in [3.8, 4) is 0 Å². The van der Waals surface area contributed by atoms with Crippen molar-refractivity contribution in [1.82, 2.24) is 0 Å². The highest BCUT2D eigenvalue weighted by Crippen LogP contribution is 2.69. The van der Waals surface area contributed by atoms with Gasteiger partial charge in [0, 0.05) is 5.92 Å². The molecule has 1 heterocycles. The lowest BCUT2D eigenvalue weighted by molar-refractivity contribution is -0.164. The van der Waals surface area contributed by atoms with Crippen LogP contribution in [0.15, 0.2) is 0 Å². The third kappa shape index (κ3) is 2.01. The van der Waals surface area contributed by atoms with Crippen molar-refractivity contribution in [2.45, 2.75) is 89.9 Å². The molecule has 5 fully saturated rings. The van der Waals surface area contributed by atoms with Gasteiger partial charge < -0.3 is 14.9 Å². The van der Waals surface area contributed by atoms with Crippen LogP contribution in [-0.2, 0) is 9.53 Å². The second-order valence-electron chi connectivity index (χ2n) is 10.9. The van der Waals surface area contributed by atoms with Crippen LogP contribution >= 0.6 is 0 Å². The van der Waals surface area contributed by atoms with Gasteiger partial charge in [-0.3, -0.25) is 0 Å². The van der Waals surface area contributed by atoms with Crippen LogP contribution in [0.5, 0.6) is 0 Å². The van der Waals surface area contributed by atoms with E-state index in [-0.39, 0.29) is 23.5 Å². The molecule has 10 unspecified atom stereocenters. The van der Waals surface area contributed by atoms with Crippen molar-refractivity contribution in [3.05, 3.63) is 0 Å². The van der Waals surface area contributed by atoms with E-state index in [0.717, 1.165) is 38.0 Å². The van der Waals surface area contributed by atoms with Gasteiger partial charge in [-0.05, 0) is 92.8 Å². The highest BCUT2D eigenvalue weighted by Gasteiger charge is 2.70. The van der Waals surface area contributed by atoms with Crippen LogP contribution in [0.1, 0.15) is 72.1 Å². The fourth-order valence-corrected chi connectivity index (χ4v) is 8.73. The molecule has 0 spiro atoms. The second kappa shape index (κ2) is 5.26. The predicted octanol–water partition coefficient (Wildman–Crippen LogP) is 3.29. The summed E-state index contributed by atoms with van der Waals surface area (Å²) in [5, 5.41) is 21.1. The van der Waals surface area contributed by atoms with Crippen molar-refractivity contribution in [1.29, 1.82) is 0 Å². The van der Waals surface area contributed by atoms with Crippen molar-refractivity contribution >= 4 is 5.97 Å². The molecule has 4 heteroatoms. The van der Waals surface area contributed by atoms with Gasteiger partial charge >= 0.3 is 5.97 Å². The van der Waals surface area contributed by atoms with Crippen molar-refractivity contribution in [3.63, 3.8) is 0 Å². The molecule has 146 valence electrons. The summed E-state index contributed by atoms with van der Waals surface area (Å²) in [4.78, 5) is 12.2. The highest BCUT2D eigenvalue weighted by atomic mass is 16.6. The van der Waals surface area contributed by atoms with Crippen LogP contribution in [0.3, 0.4) is 0 Å². The molecule has 26 heavy (non-hydrogen) atoms. The number of aliphatic hydroxyl groups is 2. The summed E-state index contributed by atoms with van der Waals surface area (Å²) in [6, 6.07) is 0. The summed E-state index contributed by atoms with van der Waals surface area (Å²) < 4.78 is 5.66. The van der Waals surface area contributed by atoms with E-state index in [2.05, 4.69) is 13.8 Å². The molecule has 0 radical (unpaired) electrons. The van der Waals surface area contributed by atoms with E-state index in [4.69, 9.17) is 4.74 Å². The molecule has 1 aliphatic heterocycles. The Labute approximate surface area is 156 Å². The second-order valence-corrected chi connectivity index (χ2v) is 10.9. The van der Waals surface area contributed by atoms with E-state index in [1.165, 1.54) is 19.3 Å². The Morgan fingerprint density at radius 1 is 0.962 bits per heavy atom. The van der Waals surface area contributed by atoms with Crippen molar-refractivity contribution < 1.29 is 19.7 Å². The first-order valence-electron chi connectivity index (χ1n) is 10.8. The summed E-state index contributed by atoms with van der Waals surface area (Å²) in [5.41, 5.74) is -0.948. The van der Waals surface area contributed by atoms with E-state index in [1.54, 1.807) is 6.92 Å². The van der Waals surface area contributed by atoms with Crippen LogP contribution < -0.4 is 0 Å². The zero-order valence-electron chi connectivity index (χ0n) is 16.4. The third-order valence-electron chi connectivity index (χ3n) is 9.92. The number of hydrogen-bond donors (Lipinski definition) is 2. The molecule has 0 aromatic rings. The standard InChI is InChI=1S/C22H34O4/c1-20-8-6-13(23)10-12(20)4-5-14-15(20)7-9-21(2)16(14)11-17-18(21)22(3,25)19(24)26-17/h12-18,23,25H,4-11H2,1-3H3. The van der Waals surface area contributed by atoms with E-state index < -0.39 is 11.6 Å². The molecular formula is C22H34O4. The molecule has 4 saturated carbocycles. The minimum atomic E-state index is -1.32. The van der Waals surface area contributed by atoms with Crippen LogP contribution in [-0.4, -0.2) is 34.0 Å². The Morgan fingerprint density at radius 3 is 2.46 bits per heavy atom. The monoisotopic (exact) mass is 362 g/mol.